The van der Waals surface area contributed by atoms with E-state index in [2.05, 4.69) is 24.2 Å². The molecule has 4 aromatic rings. The number of carbonyl (C=O) groups is 1. The molecule has 0 radical (unpaired) electrons. The average molecular weight is 407 g/mol. The third-order valence-electron chi connectivity index (χ3n) is 4.67. The normalized spacial score (nSPS) is 11.3. The number of thiazole rings is 1. The van der Waals surface area contributed by atoms with E-state index in [1.54, 1.807) is 11.3 Å². The van der Waals surface area contributed by atoms with Gasteiger partial charge in [0, 0.05) is 10.8 Å². The van der Waals surface area contributed by atoms with Crippen molar-refractivity contribution in [1.29, 1.82) is 0 Å². The van der Waals surface area contributed by atoms with Gasteiger partial charge < -0.3 is 14.3 Å². The molecule has 0 bridgehead atoms. The monoisotopic (exact) mass is 407 g/mol. The Morgan fingerprint density at radius 2 is 1.97 bits per heavy atom. The van der Waals surface area contributed by atoms with Crippen molar-refractivity contribution in [2.45, 2.75) is 32.8 Å². The van der Waals surface area contributed by atoms with Crippen LogP contribution in [0.3, 0.4) is 0 Å². The molecule has 2 aromatic heterocycles. The predicted octanol–water partition coefficient (Wildman–Crippen LogP) is 5.89. The van der Waals surface area contributed by atoms with Gasteiger partial charge in [-0.3, -0.25) is 4.79 Å². The minimum atomic E-state index is -0.854. The van der Waals surface area contributed by atoms with Crippen LogP contribution in [0.5, 0.6) is 5.75 Å². The standard InChI is InChI=1S/C23H21NO4S/c1-14(2)19-13-29-23(24-19)21-10-17-9-18(7-8-20(17)28-21)27-12-16-6-4-3-5-15(16)11-22(25)26/h3-10,13-14H,11-12H2,1-2H3,(H,25,26). The maximum absolute atomic E-state index is 11.0. The van der Waals surface area contributed by atoms with Crippen LogP contribution in [0, 0.1) is 0 Å². The highest BCUT2D eigenvalue weighted by Crippen LogP contribution is 2.33. The second kappa shape index (κ2) is 8.09. The van der Waals surface area contributed by atoms with Gasteiger partial charge in [0.2, 0.25) is 0 Å². The first kappa shape index (κ1) is 19.2. The molecule has 2 heterocycles. The molecule has 0 aliphatic rings. The van der Waals surface area contributed by atoms with Gasteiger partial charge in [-0.05, 0) is 41.3 Å². The molecule has 6 heteroatoms. The number of furan rings is 1. The average Bonchev–Trinajstić information content (AvgIpc) is 3.33. The molecule has 0 atom stereocenters. The summed E-state index contributed by atoms with van der Waals surface area (Å²) in [5.41, 5.74) is 3.47. The Balaban J connectivity index is 1.53. The highest BCUT2D eigenvalue weighted by Gasteiger charge is 2.13. The highest BCUT2D eigenvalue weighted by atomic mass is 32.1. The number of aromatic nitrogens is 1. The molecule has 0 aliphatic heterocycles. The van der Waals surface area contributed by atoms with Gasteiger partial charge in [-0.2, -0.15) is 0 Å². The molecule has 0 fully saturated rings. The van der Waals surface area contributed by atoms with E-state index < -0.39 is 5.97 Å². The Kier molecular flexibility index (Phi) is 5.36. The van der Waals surface area contributed by atoms with E-state index in [1.165, 1.54) is 0 Å². The van der Waals surface area contributed by atoms with Crippen LogP contribution in [-0.2, 0) is 17.8 Å². The molecule has 0 amide bonds. The number of benzene rings is 2. The third kappa shape index (κ3) is 4.32. The van der Waals surface area contributed by atoms with Gasteiger partial charge in [-0.15, -0.1) is 11.3 Å². The van der Waals surface area contributed by atoms with Crippen LogP contribution in [-0.4, -0.2) is 16.1 Å². The van der Waals surface area contributed by atoms with Gasteiger partial charge in [-0.25, -0.2) is 4.98 Å². The van der Waals surface area contributed by atoms with E-state index >= 15 is 0 Å². The summed E-state index contributed by atoms with van der Waals surface area (Å²) >= 11 is 1.58. The lowest BCUT2D eigenvalue weighted by atomic mass is 10.1. The van der Waals surface area contributed by atoms with E-state index in [0.717, 1.165) is 38.6 Å². The fraction of sp³-hybridized carbons (Fsp3) is 0.217. The molecule has 1 N–H and O–H groups in total. The molecule has 148 valence electrons. The summed E-state index contributed by atoms with van der Waals surface area (Å²) in [6.45, 7) is 4.55. The fourth-order valence-corrected chi connectivity index (χ4v) is 4.01. The lowest BCUT2D eigenvalue weighted by Crippen LogP contribution is -2.05. The zero-order valence-electron chi connectivity index (χ0n) is 16.2. The number of aliphatic carboxylic acids is 1. The fourth-order valence-electron chi connectivity index (χ4n) is 3.08. The van der Waals surface area contributed by atoms with Gasteiger partial charge in [0.1, 0.15) is 17.9 Å². The first-order chi connectivity index (χ1) is 14.0. The molecule has 0 saturated heterocycles. The van der Waals surface area contributed by atoms with Crippen molar-refractivity contribution in [3.63, 3.8) is 0 Å². The Hall–Kier alpha value is -3.12. The predicted molar refractivity (Wildman–Crippen MR) is 114 cm³/mol. The van der Waals surface area contributed by atoms with Gasteiger partial charge in [0.25, 0.3) is 0 Å². The van der Waals surface area contributed by atoms with Crippen LogP contribution in [0.4, 0.5) is 0 Å². The Morgan fingerprint density at radius 3 is 2.69 bits per heavy atom. The van der Waals surface area contributed by atoms with Crippen molar-refractivity contribution < 1.29 is 19.1 Å². The topological polar surface area (TPSA) is 72.6 Å². The SMILES string of the molecule is CC(C)c1csc(-c2cc3cc(OCc4ccccc4CC(=O)O)ccc3o2)n1. The van der Waals surface area contributed by atoms with Crippen molar-refractivity contribution in [3.8, 4) is 16.5 Å². The Bertz CT molecular complexity index is 1160. The van der Waals surface area contributed by atoms with Crippen molar-refractivity contribution in [2.24, 2.45) is 0 Å². The second-order valence-electron chi connectivity index (χ2n) is 7.17. The first-order valence-electron chi connectivity index (χ1n) is 9.40. The molecule has 0 spiro atoms. The number of hydrogen-bond donors (Lipinski definition) is 1. The van der Waals surface area contributed by atoms with Gasteiger partial charge >= 0.3 is 5.97 Å². The van der Waals surface area contributed by atoms with Crippen LogP contribution in [0.15, 0.2) is 58.3 Å². The minimum Gasteiger partial charge on any atom is -0.489 e. The van der Waals surface area contributed by atoms with Crippen LogP contribution in [0.1, 0.15) is 36.6 Å². The summed E-state index contributed by atoms with van der Waals surface area (Å²) in [7, 11) is 0. The number of fused-ring (bicyclic) bond motifs is 1. The Morgan fingerprint density at radius 1 is 1.17 bits per heavy atom. The summed E-state index contributed by atoms with van der Waals surface area (Å²) in [6.07, 6.45) is -0.0180. The highest BCUT2D eigenvalue weighted by molar-refractivity contribution is 7.13. The molecule has 2 aromatic carbocycles. The number of rotatable bonds is 7. The lowest BCUT2D eigenvalue weighted by molar-refractivity contribution is -0.136. The van der Waals surface area contributed by atoms with E-state index in [4.69, 9.17) is 14.3 Å². The van der Waals surface area contributed by atoms with E-state index in [9.17, 15) is 4.79 Å². The lowest BCUT2D eigenvalue weighted by Gasteiger charge is -2.10. The smallest absolute Gasteiger partial charge is 0.307 e. The van der Waals surface area contributed by atoms with E-state index in [-0.39, 0.29) is 6.42 Å². The summed E-state index contributed by atoms with van der Waals surface area (Å²) in [6, 6.07) is 15.1. The third-order valence-corrected chi connectivity index (χ3v) is 5.54. The van der Waals surface area contributed by atoms with E-state index in [1.807, 2.05) is 48.5 Å². The molecule has 0 aliphatic carbocycles. The molecule has 5 nitrogen and oxygen atoms in total. The van der Waals surface area contributed by atoms with Crippen molar-refractivity contribution in [1.82, 2.24) is 4.98 Å². The summed E-state index contributed by atoms with van der Waals surface area (Å²) in [5.74, 6) is 0.985. The quantitative estimate of drug-likeness (QED) is 0.414. The maximum Gasteiger partial charge on any atom is 0.307 e. The zero-order chi connectivity index (χ0) is 20.4. The largest absolute Gasteiger partial charge is 0.489 e. The number of ether oxygens (including phenoxy) is 1. The number of carboxylic acids is 1. The summed E-state index contributed by atoms with van der Waals surface area (Å²) in [5, 5.41) is 12.9. The van der Waals surface area contributed by atoms with E-state index in [0.29, 0.717) is 18.3 Å². The minimum absolute atomic E-state index is 0.0180. The van der Waals surface area contributed by atoms with Crippen molar-refractivity contribution in [2.75, 3.05) is 0 Å². The van der Waals surface area contributed by atoms with Gasteiger partial charge in [-0.1, -0.05) is 38.1 Å². The number of hydrogen-bond acceptors (Lipinski definition) is 5. The van der Waals surface area contributed by atoms with Crippen molar-refractivity contribution >= 4 is 28.3 Å². The summed E-state index contributed by atoms with van der Waals surface area (Å²) in [4.78, 5) is 15.7. The van der Waals surface area contributed by atoms with Crippen LogP contribution in [0.25, 0.3) is 21.7 Å². The van der Waals surface area contributed by atoms with Gasteiger partial charge in [0.05, 0.1) is 12.1 Å². The van der Waals surface area contributed by atoms with Crippen LogP contribution < -0.4 is 4.74 Å². The molecule has 0 saturated carbocycles. The molecule has 29 heavy (non-hydrogen) atoms. The van der Waals surface area contributed by atoms with Crippen LogP contribution in [0.2, 0.25) is 0 Å². The summed E-state index contributed by atoms with van der Waals surface area (Å²) < 4.78 is 11.9. The van der Waals surface area contributed by atoms with Crippen LogP contribution >= 0.6 is 11.3 Å². The number of nitrogens with zero attached hydrogens (tertiary/aromatic N) is 1. The molecule has 0 unspecified atom stereocenters. The zero-order valence-corrected chi connectivity index (χ0v) is 17.0. The first-order valence-corrected chi connectivity index (χ1v) is 10.3. The van der Waals surface area contributed by atoms with Crippen molar-refractivity contribution in [3.05, 3.63) is 70.7 Å². The number of carboxylic acid groups (broad SMARTS) is 1. The molecular weight excluding hydrogens is 386 g/mol. The van der Waals surface area contributed by atoms with Gasteiger partial charge in [0.15, 0.2) is 10.8 Å². The molecule has 4 rings (SSSR count). The maximum atomic E-state index is 11.0. The molecular formula is C23H21NO4S. The Labute approximate surface area is 172 Å². The second-order valence-corrected chi connectivity index (χ2v) is 8.03.